The molecule has 2 rings (SSSR count). The van der Waals surface area contributed by atoms with Crippen LogP contribution in [0.15, 0.2) is 0 Å². The number of carbonyl (C=O) groups is 1. The van der Waals surface area contributed by atoms with Gasteiger partial charge in [0.15, 0.2) is 5.82 Å². The fourth-order valence-electron chi connectivity index (χ4n) is 1.94. The third-order valence-corrected chi connectivity index (χ3v) is 2.88. The smallest absolute Gasteiger partial charge is 0.252 e. The number of hydrogen-bond acceptors (Lipinski definition) is 5. The van der Waals surface area contributed by atoms with Crippen LogP contribution in [0.25, 0.3) is 0 Å². The van der Waals surface area contributed by atoms with Gasteiger partial charge >= 0.3 is 0 Å². The van der Waals surface area contributed by atoms with Gasteiger partial charge in [0.25, 0.3) is 5.91 Å². The van der Waals surface area contributed by atoms with Gasteiger partial charge in [-0.2, -0.15) is 5.10 Å². The fraction of sp³-hybridized carbons (Fsp3) is 0.727. The number of aromatic nitrogens is 3. The van der Waals surface area contributed by atoms with Gasteiger partial charge in [0.2, 0.25) is 0 Å². The molecule has 18 heavy (non-hydrogen) atoms. The van der Waals surface area contributed by atoms with E-state index in [0.29, 0.717) is 19.7 Å². The molecule has 100 valence electrons. The van der Waals surface area contributed by atoms with Crippen LogP contribution in [-0.4, -0.2) is 70.8 Å². The van der Waals surface area contributed by atoms with E-state index in [1.165, 1.54) is 0 Å². The average molecular weight is 253 g/mol. The second-order valence-electron chi connectivity index (χ2n) is 4.66. The second kappa shape index (κ2) is 5.45. The van der Waals surface area contributed by atoms with Crippen molar-refractivity contribution >= 4 is 5.91 Å². The van der Waals surface area contributed by atoms with Gasteiger partial charge in [-0.05, 0) is 6.92 Å². The van der Waals surface area contributed by atoms with Crippen LogP contribution in [-0.2, 0) is 16.1 Å². The molecular formula is C11H19N5O2. The van der Waals surface area contributed by atoms with Crippen LogP contribution in [0.3, 0.4) is 0 Å². The van der Waals surface area contributed by atoms with Crippen molar-refractivity contribution in [1.82, 2.24) is 25.0 Å². The van der Waals surface area contributed by atoms with Crippen molar-refractivity contribution in [3.63, 3.8) is 0 Å². The van der Waals surface area contributed by atoms with Crippen molar-refractivity contribution in [3.05, 3.63) is 11.6 Å². The van der Waals surface area contributed by atoms with E-state index in [4.69, 9.17) is 4.74 Å². The highest BCUT2D eigenvalue weighted by Crippen LogP contribution is 2.09. The number of nitrogens with zero attached hydrogens (tertiary/aromatic N) is 4. The van der Waals surface area contributed by atoms with E-state index < -0.39 is 0 Å². The Morgan fingerprint density at radius 2 is 2.39 bits per heavy atom. The molecule has 1 aromatic heterocycles. The molecule has 0 aromatic carbocycles. The van der Waals surface area contributed by atoms with Gasteiger partial charge in [-0.25, -0.2) is 4.98 Å². The van der Waals surface area contributed by atoms with Gasteiger partial charge in [-0.1, -0.05) is 0 Å². The molecule has 0 unspecified atom stereocenters. The Labute approximate surface area is 106 Å². The van der Waals surface area contributed by atoms with Crippen LogP contribution >= 0.6 is 0 Å². The molecule has 1 fully saturated rings. The molecule has 0 radical (unpaired) electrons. The maximum Gasteiger partial charge on any atom is 0.252 e. The summed E-state index contributed by atoms with van der Waals surface area (Å²) in [6.45, 7) is 4.46. The zero-order valence-electron chi connectivity index (χ0n) is 11.0. The molecule has 0 bridgehead atoms. The van der Waals surface area contributed by atoms with E-state index in [1.54, 1.807) is 19.0 Å². The predicted molar refractivity (Wildman–Crippen MR) is 64.8 cm³/mol. The number of H-pyrrole nitrogens is 1. The molecule has 2 heterocycles. The standard InChI is InChI=1S/C11H19N5O2/c1-8-12-10(14-13-8)7-16-4-5-18-9(6-16)11(17)15(2)3/h9H,4-7H2,1-3H3,(H,12,13,14)/t9-/m1/s1. The quantitative estimate of drug-likeness (QED) is 0.779. The number of hydrogen-bond donors (Lipinski definition) is 1. The number of ether oxygens (including phenoxy) is 1. The van der Waals surface area contributed by atoms with Crippen LogP contribution in [0.1, 0.15) is 11.6 Å². The highest BCUT2D eigenvalue weighted by molar-refractivity contribution is 5.80. The summed E-state index contributed by atoms with van der Waals surface area (Å²) in [6.07, 6.45) is -0.381. The molecule has 1 amide bonds. The van der Waals surface area contributed by atoms with Crippen LogP contribution in [0.5, 0.6) is 0 Å². The number of nitrogens with one attached hydrogen (secondary N) is 1. The van der Waals surface area contributed by atoms with E-state index in [2.05, 4.69) is 20.1 Å². The molecule has 1 aromatic rings. The second-order valence-corrected chi connectivity index (χ2v) is 4.66. The van der Waals surface area contributed by atoms with Crippen molar-refractivity contribution in [3.8, 4) is 0 Å². The van der Waals surface area contributed by atoms with Gasteiger partial charge in [0.1, 0.15) is 11.9 Å². The lowest BCUT2D eigenvalue weighted by Gasteiger charge is -2.32. The van der Waals surface area contributed by atoms with Crippen molar-refractivity contribution < 1.29 is 9.53 Å². The summed E-state index contributed by atoms with van der Waals surface area (Å²) in [4.78, 5) is 19.8. The summed E-state index contributed by atoms with van der Waals surface area (Å²) < 4.78 is 5.49. The first-order valence-corrected chi connectivity index (χ1v) is 5.99. The molecule has 1 N–H and O–H groups in total. The molecule has 0 spiro atoms. The summed E-state index contributed by atoms with van der Waals surface area (Å²) >= 11 is 0. The van der Waals surface area contributed by atoms with Crippen LogP contribution in [0.2, 0.25) is 0 Å². The first kappa shape index (κ1) is 13.0. The van der Waals surface area contributed by atoms with Crippen molar-refractivity contribution in [2.24, 2.45) is 0 Å². The van der Waals surface area contributed by atoms with E-state index in [0.717, 1.165) is 18.2 Å². The summed E-state index contributed by atoms with van der Waals surface area (Å²) in [5.74, 6) is 1.57. The third-order valence-electron chi connectivity index (χ3n) is 2.88. The SMILES string of the molecule is Cc1nc(CN2CCO[C@@H](C(=O)N(C)C)C2)n[nH]1. The summed E-state index contributed by atoms with van der Waals surface area (Å²) in [6, 6.07) is 0. The molecule has 7 nitrogen and oxygen atoms in total. The Morgan fingerprint density at radius 3 is 3.00 bits per heavy atom. The zero-order chi connectivity index (χ0) is 13.1. The maximum absolute atomic E-state index is 11.8. The van der Waals surface area contributed by atoms with E-state index in [-0.39, 0.29) is 12.0 Å². The Hall–Kier alpha value is -1.47. The minimum atomic E-state index is -0.381. The number of aromatic amines is 1. The van der Waals surface area contributed by atoms with Crippen LogP contribution in [0, 0.1) is 6.92 Å². The normalized spacial score (nSPS) is 20.9. The lowest BCUT2D eigenvalue weighted by molar-refractivity contribution is -0.147. The molecule has 0 aliphatic carbocycles. The number of amides is 1. The summed E-state index contributed by atoms with van der Waals surface area (Å²) in [5, 5.41) is 6.92. The third kappa shape index (κ3) is 3.05. The van der Waals surface area contributed by atoms with E-state index in [1.807, 2.05) is 6.92 Å². The van der Waals surface area contributed by atoms with Gasteiger partial charge in [0.05, 0.1) is 13.2 Å². The molecule has 1 aliphatic heterocycles. The summed E-state index contributed by atoms with van der Waals surface area (Å²) in [5.41, 5.74) is 0. The van der Waals surface area contributed by atoms with Crippen LogP contribution in [0.4, 0.5) is 0 Å². The average Bonchev–Trinajstić information content (AvgIpc) is 2.74. The highest BCUT2D eigenvalue weighted by Gasteiger charge is 2.28. The molecule has 1 saturated heterocycles. The first-order valence-electron chi connectivity index (χ1n) is 5.99. The van der Waals surface area contributed by atoms with Gasteiger partial charge < -0.3 is 9.64 Å². The van der Waals surface area contributed by atoms with Crippen molar-refractivity contribution in [1.29, 1.82) is 0 Å². The molecule has 0 saturated carbocycles. The molecular weight excluding hydrogens is 234 g/mol. The minimum absolute atomic E-state index is 0.00543. The largest absolute Gasteiger partial charge is 0.366 e. The number of morpholine rings is 1. The molecule has 7 heteroatoms. The monoisotopic (exact) mass is 253 g/mol. The Kier molecular flexibility index (Phi) is 3.93. The lowest BCUT2D eigenvalue weighted by atomic mass is 10.2. The minimum Gasteiger partial charge on any atom is -0.366 e. The first-order chi connectivity index (χ1) is 8.56. The Balaban J connectivity index is 1.92. The fourth-order valence-corrected chi connectivity index (χ4v) is 1.94. The number of carbonyl (C=O) groups excluding carboxylic acids is 1. The maximum atomic E-state index is 11.8. The van der Waals surface area contributed by atoms with Crippen molar-refractivity contribution in [2.45, 2.75) is 19.6 Å². The number of likely N-dealkylation sites (N-methyl/N-ethyl adjacent to an activating group) is 1. The highest BCUT2D eigenvalue weighted by atomic mass is 16.5. The van der Waals surface area contributed by atoms with Crippen LogP contribution < -0.4 is 0 Å². The summed E-state index contributed by atoms with van der Waals surface area (Å²) in [7, 11) is 3.48. The Morgan fingerprint density at radius 1 is 1.61 bits per heavy atom. The topological polar surface area (TPSA) is 74.4 Å². The predicted octanol–water partition coefficient (Wildman–Crippen LogP) is -0.598. The Bertz CT molecular complexity index is 417. The van der Waals surface area contributed by atoms with Gasteiger partial charge in [0, 0.05) is 27.2 Å². The van der Waals surface area contributed by atoms with Gasteiger partial charge in [-0.15, -0.1) is 0 Å². The van der Waals surface area contributed by atoms with Gasteiger partial charge in [-0.3, -0.25) is 14.8 Å². The number of rotatable bonds is 3. The van der Waals surface area contributed by atoms with E-state index in [9.17, 15) is 4.79 Å². The number of aryl methyl sites for hydroxylation is 1. The molecule has 1 atom stereocenters. The van der Waals surface area contributed by atoms with Crippen molar-refractivity contribution in [2.75, 3.05) is 33.8 Å². The lowest BCUT2D eigenvalue weighted by Crippen LogP contribution is -2.49. The van der Waals surface area contributed by atoms with E-state index >= 15 is 0 Å². The zero-order valence-corrected chi connectivity index (χ0v) is 11.0. The molecule has 1 aliphatic rings.